The zero-order valence-electron chi connectivity index (χ0n) is 13.9. The summed E-state index contributed by atoms with van der Waals surface area (Å²) in [5, 5.41) is 2.74. The number of ether oxygens (including phenoxy) is 1. The fourth-order valence-electron chi connectivity index (χ4n) is 2.77. The number of aromatic nitrogens is 1. The molecule has 0 aliphatic rings. The van der Waals surface area contributed by atoms with E-state index in [9.17, 15) is 13.6 Å². The van der Waals surface area contributed by atoms with Crippen LogP contribution in [0.15, 0.2) is 34.7 Å². The van der Waals surface area contributed by atoms with Crippen LogP contribution in [0.25, 0.3) is 11.1 Å². The van der Waals surface area contributed by atoms with Gasteiger partial charge in [-0.15, -0.1) is 0 Å². The summed E-state index contributed by atoms with van der Waals surface area (Å²) >= 11 is 0. The van der Waals surface area contributed by atoms with Crippen LogP contribution in [0.4, 0.5) is 8.78 Å². The Bertz CT molecular complexity index is 894. The Morgan fingerprint density at radius 3 is 2.60 bits per heavy atom. The minimum atomic E-state index is -0.659. The van der Waals surface area contributed by atoms with E-state index < -0.39 is 11.6 Å². The molecule has 0 saturated carbocycles. The van der Waals surface area contributed by atoms with Gasteiger partial charge >= 0.3 is 0 Å². The zero-order chi connectivity index (χ0) is 18.0. The van der Waals surface area contributed by atoms with Crippen molar-refractivity contribution >= 4 is 17.0 Å². The fraction of sp³-hybridized carbons (Fsp3) is 0.278. The van der Waals surface area contributed by atoms with Crippen molar-refractivity contribution in [1.82, 2.24) is 9.88 Å². The molecule has 0 saturated heterocycles. The quantitative estimate of drug-likeness (QED) is 0.696. The van der Waals surface area contributed by atoms with Crippen LogP contribution in [-0.2, 0) is 11.3 Å². The molecule has 0 fully saturated rings. The number of methoxy groups -OCH3 is 1. The average Bonchev–Trinajstić information content (AvgIpc) is 3.04. The van der Waals surface area contributed by atoms with Gasteiger partial charge in [-0.2, -0.15) is 0 Å². The van der Waals surface area contributed by atoms with Crippen LogP contribution >= 0.6 is 0 Å². The summed E-state index contributed by atoms with van der Waals surface area (Å²) in [6, 6.07) is 6.72. The lowest BCUT2D eigenvalue weighted by atomic mass is 10.2. The summed E-state index contributed by atoms with van der Waals surface area (Å²) in [6.45, 7) is 2.68. The van der Waals surface area contributed by atoms with E-state index in [4.69, 9.17) is 9.15 Å². The van der Waals surface area contributed by atoms with E-state index in [1.165, 1.54) is 12.1 Å². The highest BCUT2D eigenvalue weighted by atomic mass is 19.1. The average molecular weight is 348 g/mol. The van der Waals surface area contributed by atoms with Gasteiger partial charge in [0.2, 0.25) is 0 Å². The highest BCUT2D eigenvalue weighted by Gasteiger charge is 2.19. The van der Waals surface area contributed by atoms with Crippen molar-refractivity contribution in [2.24, 2.45) is 0 Å². The molecule has 0 aliphatic carbocycles. The highest BCUT2D eigenvalue weighted by Crippen LogP contribution is 2.25. The number of benzene rings is 1. The zero-order valence-corrected chi connectivity index (χ0v) is 13.9. The number of carbonyl (C=O) groups is 1. The first-order chi connectivity index (χ1) is 12.0. The smallest absolute Gasteiger partial charge is 0.268 e. The Balaban J connectivity index is 1.98. The molecule has 2 aromatic heterocycles. The minimum Gasteiger partial charge on any atom is -0.460 e. The van der Waals surface area contributed by atoms with Crippen LogP contribution in [0.3, 0.4) is 0 Å². The lowest BCUT2D eigenvalue weighted by molar-refractivity contribution is 0.0928. The molecule has 5 nitrogen and oxygen atoms in total. The Kier molecular flexibility index (Phi) is 4.85. The van der Waals surface area contributed by atoms with Gasteiger partial charge in [0, 0.05) is 38.4 Å². The predicted octanol–water partition coefficient (Wildman–Crippen LogP) is 3.25. The van der Waals surface area contributed by atoms with Gasteiger partial charge in [-0.3, -0.25) is 4.79 Å². The third-order valence-electron chi connectivity index (χ3n) is 3.80. The van der Waals surface area contributed by atoms with Crippen molar-refractivity contribution in [2.75, 3.05) is 20.3 Å². The fourth-order valence-corrected chi connectivity index (χ4v) is 2.77. The molecule has 3 aromatic rings. The number of carbonyl (C=O) groups excluding carboxylic acids is 1. The standard InChI is InChI=1S/C18H18F2N2O3/c1-11-5-15-17(25-11)9-16(18(23)21-3-4-24-2)22(15)10-12-6-13(19)8-14(20)7-12/h5-9H,3-4,10H2,1-2H3,(H,21,23). The number of hydrogen-bond acceptors (Lipinski definition) is 3. The summed E-state index contributed by atoms with van der Waals surface area (Å²) in [7, 11) is 1.54. The number of furan rings is 1. The molecule has 0 bridgehead atoms. The Hall–Kier alpha value is -2.67. The Morgan fingerprint density at radius 1 is 1.20 bits per heavy atom. The monoisotopic (exact) mass is 348 g/mol. The van der Waals surface area contributed by atoms with Crippen molar-refractivity contribution in [1.29, 1.82) is 0 Å². The molecule has 1 aromatic carbocycles. The van der Waals surface area contributed by atoms with Gasteiger partial charge in [-0.25, -0.2) is 8.78 Å². The topological polar surface area (TPSA) is 56.4 Å². The predicted molar refractivity (Wildman–Crippen MR) is 88.6 cm³/mol. The molecule has 0 unspecified atom stereocenters. The van der Waals surface area contributed by atoms with Crippen molar-refractivity contribution in [3.8, 4) is 0 Å². The molecule has 1 N–H and O–H groups in total. The largest absolute Gasteiger partial charge is 0.460 e. The number of amides is 1. The van der Waals surface area contributed by atoms with Gasteiger partial charge in [0.15, 0.2) is 5.58 Å². The second-order valence-corrected chi connectivity index (χ2v) is 5.75. The van der Waals surface area contributed by atoms with E-state index in [1.807, 2.05) is 0 Å². The minimum absolute atomic E-state index is 0.143. The van der Waals surface area contributed by atoms with E-state index in [1.54, 1.807) is 30.7 Å². The third-order valence-corrected chi connectivity index (χ3v) is 3.80. The van der Waals surface area contributed by atoms with Gasteiger partial charge in [0.25, 0.3) is 5.91 Å². The molecule has 0 radical (unpaired) electrons. The maximum Gasteiger partial charge on any atom is 0.268 e. The van der Waals surface area contributed by atoms with Crippen molar-refractivity contribution < 1.29 is 22.7 Å². The van der Waals surface area contributed by atoms with E-state index >= 15 is 0 Å². The van der Waals surface area contributed by atoms with E-state index in [0.29, 0.717) is 41.3 Å². The maximum absolute atomic E-state index is 13.5. The van der Waals surface area contributed by atoms with Crippen LogP contribution in [0.1, 0.15) is 21.8 Å². The summed E-state index contributed by atoms with van der Waals surface area (Å²) in [5.74, 6) is -0.936. The molecule has 1 amide bonds. The molecular weight excluding hydrogens is 330 g/mol. The van der Waals surface area contributed by atoms with E-state index in [0.717, 1.165) is 6.07 Å². The number of hydrogen-bond donors (Lipinski definition) is 1. The van der Waals surface area contributed by atoms with Gasteiger partial charge in [0.05, 0.1) is 12.1 Å². The number of nitrogens with zero attached hydrogens (tertiary/aromatic N) is 1. The number of rotatable bonds is 6. The first-order valence-electron chi connectivity index (χ1n) is 7.79. The molecular formula is C18H18F2N2O3. The van der Waals surface area contributed by atoms with Crippen molar-refractivity contribution in [3.05, 3.63) is 59.0 Å². The molecule has 2 heterocycles. The van der Waals surface area contributed by atoms with E-state index in [2.05, 4.69) is 5.32 Å². The first kappa shape index (κ1) is 17.2. The molecule has 7 heteroatoms. The Morgan fingerprint density at radius 2 is 1.92 bits per heavy atom. The van der Waals surface area contributed by atoms with Crippen molar-refractivity contribution in [2.45, 2.75) is 13.5 Å². The molecule has 3 rings (SSSR count). The summed E-state index contributed by atoms with van der Waals surface area (Å²) in [6.07, 6.45) is 0. The van der Waals surface area contributed by atoms with Crippen LogP contribution in [0.5, 0.6) is 0 Å². The van der Waals surface area contributed by atoms with E-state index in [-0.39, 0.29) is 12.5 Å². The third kappa shape index (κ3) is 3.71. The van der Waals surface area contributed by atoms with Crippen LogP contribution in [0.2, 0.25) is 0 Å². The summed E-state index contributed by atoms with van der Waals surface area (Å²) < 4.78 is 39.1. The number of nitrogens with one attached hydrogen (secondary N) is 1. The first-order valence-corrected chi connectivity index (χ1v) is 7.79. The van der Waals surface area contributed by atoms with Crippen LogP contribution in [0, 0.1) is 18.6 Å². The molecule has 132 valence electrons. The number of aryl methyl sites for hydroxylation is 1. The van der Waals surface area contributed by atoms with Gasteiger partial charge < -0.3 is 19.0 Å². The molecule has 25 heavy (non-hydrogen) atoms. The number of fused-ring (bicyclic) bond motifs is 1. The normalized spacial score (nSPS) is 11.2. The summed E-state index contributed by atoms with van der Waals surface area (Å²) in [5.41, 5.74) is 2.01. The maximum atomic E-state index is 13.5. The lowest BCUT2D eigenvalue weighted by Crippen LogP contribution is -2.29. The second-order valence-electron chi connectivity index (χ2n) is 5.75. The summed E-state index contributed by atoms with van der Waals surface area (Å²) in [4.78, 5) is 12.4. The lowest BCUT2D eigenvalue weighted by Gasteiger charge is -2.11. The molecule has 0 aliphatic heterocycles. The van der Waals surface area contributed by atoms with Crippen LogP contribution in [-0.4, -0.2) is 30.7 Å². The van der Waals surface area contributed by atoms with Gasteiger partial charge in [-0.1, -0.05) is 0 Å². The second kappa shape index (κ2) is 7.06. The molecule has 0 atom stereocenters. The number of halogens is 2. The van der Waals surface area contributed by atoms with Crippen molar-refractivity contribution in [3.63, 3.8) is 0 Å². The SMILES string of the molecule is COCCNC(=O)c1cc2oc(C)cc2n1Cc1cc(F)cc(F)c1. The molecule has 0 spiro atoms. The van der Waals surface area contributed by atoms with Gasteiger partial charge in [0.1, 0.15) is 23.1 Å². The Labute approximate surface area is 143 Å². The van der Waals surface area contributed by atoms with Gasteiger partial charge in [-0.05, 0) is 24.6 Å². The van der Waals surface area contributed by atoms with Crippen LogP contribution < -0.4 is 5.32 Å². The highest BCUT2D eigenvalue weighted by molar-refractivity contribution is 5.97.